The summed E-state index contributed by atoms with van der Waals surface area (Å²) in [6.45, 7) is 11.2. The number of nitrogens with zero attached hydrogens (tertiary/aromatic N) is 2. The monoisotopic (exact) mass is 938 g/mol. The van der Waals surface area contributed by atoms with E-state index in [0.717, 1.165) is 5.56 Å². The third-order valence-electron chi connectivity index (χ3n) is 11.0. The van der Waals surface area contributed by atoms with Crippen LogP contribution in [0, 0.1) is 0 Å². The standard InChI is InChI=1S/C43H59N3O14S3/c1-7-45(21-13-25-62(53,54)55)37-29-38-32(28-33(37)41(49)44-20-23-59-6)34(42(2,3)4)26-30(60-38)14-11-15-39-43(5,19-12-24-61(50,51)52)35-27-31(63(56,57)58)17-18-36(35)46(39)22-10-8-9-16-40(47)48/h11,14-15,17-18,26-29H,7-10,12-13,16,19-25H2,1-6H3,(H4-,44,47,48,49,50,51,52,53,54,55,56,57,58)/p+1. The molecule has 0 saturated carbocycles. The van der Waals surface area contributed by atoms with Gasteiger partial charge in [-0.2, -0.15) is 25.3 Å². The Bertz CT molecular complexity index is 2590. The fourth-order valence-corrected chi connectivity index (χ4v) is 9.41. The number of carbonyl (C=O) groups is 2. The van der Waals surface area contributed by atoms with Gasteiger partial charge in [0.1, 0.15) is 30.2 Å². The van der Waals surface area contributed by atoms with E-state index in [9.17, 15) is 48.5 Å². The summed E-state index contributed by atoms with van der Waals surface area (Å²) >= 11 is 0. The first kappa shape index (κ1) is 51.2. The zero-order valence-electron chi connectivity index (χ0n) is 36.6. The van der Waals surface area contributed by atoms with Crippen LogP contribution in [-0.4, -0.2) is 107 Å². The molecule has 0 saturated heterocycles. The van der Waals surface area contributed by atoms with Crippen molar-refractivity contribution in [2.45, 2.75) is 95.3 Å². The summed E-state index contributed by atoms with van der Waals surface area (Å²) in [5.41, 5.74) is 2.11. The van der Waals surface area contributed by atoms with Gasteiger partial charge in [-0.3, -0.25) is 23.2 Å². The van der Waals surface area contributed by atoms with Gasteiger partial charge in [0, 0.05) is 55.4 Å². The second kappa shape index (κ2) is 21.0. The van der Waals surface area contributed by atoms with Crippen LogP contribution >= 0.6 is 0 Å². The van der Waals surface area contributed by atoms with Gasteiger partial charge < -0.3 is 24.5 Å². The second-order valence-electron chi connectivity index (χ2n) is 16.8. The molecule has 348 valence electrons. The number of aliphatic carboxylic acids is 1. The Kier molecular flexibility index (Phi) is 17.1. The lowest BCUT2D eigenvalue weighted by atomic mass is 9.77. The van der Waals surface area contributed by atoms with Gasteiger partial charge >= 0.3 is 5.97 Å². The third-order valence-corrected chi connectivity index (χ3v) is 13.4. The average molecular weight is 939 g/mol. The minimum Gasteiger partial charge on any atom is -0.481 e. The van der Waals surface area contributed by atoms with Crippen molar-refractivity contribution in [2.75, 3.05) is 56.3 Å². The lowest BCUT2D eigenvalue weighted by molar-refractivity contribution is -0.137. The van der Waals surface area contributed by atoms with Crippen molar-refractivity contribution >= 4 is 54.0 Å². The fraction of sp³-hybridized carbons (Fsp3) is 0.512. The van der Waals surface area contributed by atoms with Gasteiger partial charge in [-0.15, -0.1) is 0 Å². The Morgan fingerprint density at radius 1 is 0.937 bits per heavy atom. The van der Waals surface area contributed by atoms with E-state index in [4.69, 9.17) is 14.3 Å². The van der Waals surface area contributed by atoms with Crippen LogP contribution in [0.2, 0.25) is 0 Å². The average Bonchev–Trinajstić information content (AvgIpc) is 3.39. The van der Waals surface area contributed by atoms with Gasteiger partial charge in [0.2, 0.25) is 5.36 Å². The lowest BCUT2D eigenvalue weighted by Gasteiger charge is -2.30. The first-order chi connectivity index (χ1) is 29.3. The number of carbonyl (C=O) groups excluding carboxylic acids is 1. The van der Waals surface area contributed by atoms with E-state index < -0.39 is 58.7 Å². The Labute approximate surface area is 370 Å². The predicted octanol–water partition coefficient (Wildman–Crippen LogP) is 5.36. The summed E-state index contributed by atoms with van der Waals surface area (Å²) in [5, 5.41) is 12.5. The molecule has 5 N–H and O–H groups in total. The molecule has 1 amide bonds. The number of carboxylic acid groups (broad SMARTS) is 1. The van der Waals surface area contributed by atoms with Crippen LogP contribution in [0.15, 0.2) is 63.6 Å². The predicted molar refractivity (Wildman–Crippen MR) is 240 cm³/mol. The molecule has 1 unspecified atom stereocenters. The Hall–Kier alpha value is -4.44. The summed E-state index contributed by atoms with van der Waals surface area (Å²) in [7, 11) is -11.7. The lowest BCUT2D eigenvalue weighted by Crippen LogP contribution is -2.39. The van der Waals surface area contributed by atoms with Crippen LogP contribution in [0.3, 0.4) is 0 Å². The summed E-state index contributed by atoms with van der Waals surface area (Å²) in [6.07, 6.45) is 7.09. The van der Waals surface area contributed by atoms with E-state index >= 15 is 0 Å². The molecule has 1 aromatic carbocycles. The Balaban J connectivity index is 1.94. The number of hydrogen-bond donors (Lipinski definition) is 5. The first-order valence-electron chi connectivity index (χ1n) is 20.7. The largest absolute Gasteiger partial charge is 0.481 e. The summed E-state index contributed by atoms with van der Waals surface area (Å²) < 4.78 is 114. The van der Waals surface area contributed by atoms with Crippen molar-refractivity contribution in [3.8, 4) is 11.3 Å². The fourth-order valence-electron chi connectivity index (χ4n) is 7.90. The van der Waals surface area contributed by atoms with Crippen molar-refractivity contribution in [1.82, 2.24) is 9.89 Å². The van der Waals surface area contributed by atoms with Crippen molar-refractivity contribution < 1.29 is 62.8 Å². The molecule has 1 aliphatic carbocycles. The van der Waals surface area contributed by atoms with Crippen LogP contribution in [0.1, 0.15) is 107 Å². The quantitative estimate of drug-likeness (QED) is 0.0483. The number of hydrogen-bond acceptors (Lipinski definition) is 11. The molecule has 1 atom stereocenters. The van der Waals surface area contributed by atoms with Gasteiger partial charge in [-0.25, -0.2) is 4.58 Å². The summed E-state index contributed by atoms with van der Waals surface area (Å²) in [6, 6.07) is 9.56. The Morgan fingerprint density at radius 3 is 2.22 bits per heavy atom. The van der Waals surface area contributed by atoms with Crippen molar-refractivity contribution in [3.63, 3.8) is 0 Å². The van der Waals surface area contributed by atoms with Crippen LogP contribution in [0.4, 0.5) is 5.69 Å². The minimum absolute atomic E-state index is 0.00614. The first-order valence-corrected chi connectivity index (χ1v) is 25.3. The number of methoxy groups -OCH3 is 1. The highest BCUT2D eigenvalue weighted by Crippen LogP contribution is 2.51. The van der Waals surface area contributed by atoms with Crippen molar-refractivity contribution in [3.05, 3.63) is 82.1 Å². The molecule has 0 bridgehead atoms. The van der Waals surface area contributed by atoms with E-state index in [0.29, 0.717) is 77.3 Å². The third kappa shape index (κ3) is 14.0. The molecule has 20 heteroatoms. The van der Waals surface area contributed by atoms with Crippen molar-refractivity contribution in [2.24, 2.45) is 0 Å². The van der Waals surface area contributed by atoms with Gasteiger partial charge in [-0.05, 0) is 98.6 Å². The highest BCUT2D eigenvalue weighted by molar-refractivity contribution is 7.86. The summed E-state index contributed by atoms with van der Waals surface area (Å²) in [5.74, 6) is -1.46. The number of benzene rings is 2. The number of anilines is 1. The molecule has 17 nitrogen and oxygen atoms in total. The number of carboxylic acids is 1. The normalized spacial score (nSPS) is 17.2. The molecule has 0 spiro atoms. The molecule has 4 rings (SSSR count). The number of amides is 1. The van der Waals surface area contributed by atoms with E-state index in [1.54, 1.807) is 36.4 Å². The zero-order valence-corrected chi connectivity index (χ0v) is 39.0. The minimum atomic E-state index is -4.63. The van der Waals surface area contributed by atoms with Crippen LogP contribution in [-0.2, 0) is 50.7 Å². The second-order valence-corrected chi connectivity index (χ2v) is 21.4. The van der Waals surface area contributed by atoms with E-state index in [-0.39, 0.29) is 56.2 Å². The van der Waals surface area contributed by atoms with Crippen LogP contribution in [0.5, 0.6) is 0 Å². The maximum atomic E-state index is 13.7. The molecule has 2 heterocycles. The molecule has 0 fully saturated rings. The molecular formula is C43H60N3O14S3+. The topological polar surface area (TPSA) is 258 Å². The SMILES string of the molecule is CC[N+](CCCS(=O)(=O)O)=c1cc2oc(C=CC=C3N(CCCCCC(=O)O)c4ccc(S(=O)(=O)O)cc4C3(C)CCCS(=O)(=O)O)cc(C(C)(C)C)c-2cc1C(=O)NCCOC. The van der Waals surface area contributed by atoms with E-state index in [1.807, 2.05) is 50.2 Å². The highest BCUT2D eigenvalue weighted by Gasteiger charge is 2.43. The van der Waals surface area contributed by atoms with E-state index in [1.165, 1.54) is 19.2 Å². The maximum absolute atomic E-state index is 13.7. The van der Waals surface area contributed by atoms with E-state index in [2.05, 4.69) is 5.32 Å². The number of ether oxygens (including phenoxy) is 1. The zero-order chi connectivity index (χ0) is 47.0. The number of unbranched alkanes of at least 4 members (excludes halogenated alkanes) is 2. The smallest absolute Gasteiger partial charge is 0.303 e. The molecule has 0 radical (unpaired) electrons. The highest BCUT2D eigenvalue weighted by atomic mass is 32.2. The molecule has 2 aliphatic heterocycles. The maximum Gasteiger partial charge on any atom is 0.303 e. The molecular weight excluding hydrogens is 879 g/mol. The number of rotatable bonds is 22. The van der Waals surface area contributed by atoms with Crippen LogP contribution < -0.4 is 20.1 Å². The van der Waals surface area contributed by atoms with Gasteiger partial charge in [-0.1, -0.05) is 33.3 Å². The number of fused-ring (bicyclic) bond motifs is 2. The molecule has 3 aliphatic rings. The van der Waals surface area contributed by atoms with Crippen LogP contribution in [0.25, 0.3) is 17.4 Å². The van der Waals surface area contributed by atoms with Gasteiger partial charge in [0.15, 0.2) is 0 Å². The summed E-state index contributed by atoms with van der Waals surface area (Å²) in [4.78, 5) is 26.5. The number of nitrogens with one attached hydrogen (secondary N) is 1. The Morgan fingerprint density at radius 2 is 1.62 bits per heavy atom. The molecule has 1 aromatic rings. The van der Waals surface area contributed by atoms with Gasteiger partial charge in [0.25, 0.3) is 36.3 Å². The number of allylic oxidation sites excluding steroid dienone is 3. The molecule has 63 heavy (non-hydrogen) atoms. The van der Waals surface area contributed by atoms with Crippen molar-refractivity contribution in [1.29, 1.82) is 0 Å². The van der Waals surface area contributed by atoms with Gasteiger partial charge in [0.05, 0.1) is 29.1 Å². The molecule has 0 aromatic heterocycles.